The van der Waals surface area contributed by atoms with Crippen LogP contribution in [0.2, 0.25) is 0 Å². The Hall–Kier alpha value is -1.29. The van der Waals surface area contributed by atoms with Gasteiger partial charge in [0.1, 0.15) is 5.60 Å². The Kier molecular flexibility index (Phi) is 5.41. The van der Waals surface area contributed by atoms with Crippen LogP contribution in [0.5, 0.6) is 0 Å². The summed E-state index contributed by atoms with van der Waals surface area (Å²) in [5.74, 6) is -0.213. The number of nitrogens with one attached hydrogen (secondary N) is 1. The second kappa shape index (κ2) is 6.59. The molecule has 0 amide bonds. The average molecular weight is 252 g/mol. The van der Waals surface area contributed by atoms with Crippen molar-refractivity contribution < 1.29 is 9.53 Å². The summed E-state index contributed by atoms with van der Waals surface area (Å²) in [6, 6.07) is 2.07. The quantitative estimate of drug-likeness (QED) is 0.790. The molecule has 0 radical (unpaired) electrons. The summed E-state index contributed by atoms with van der Waals surface area (Å²) in [7, 11) is 0. The number of hydrogen-bond donors (Lipinski definition) is 1. The molecule has 1 heterocycles. The van der Waals surface area contributed by atoms with Gasteiger partial charge in [-0.3, -0.25) is 4.79 Å². The summed E-state index contributed by atoms with van der Waals surface area (Å²) < 4.78 is 7.37. The van der Waals surface area contributed by atoms with Crippen molar-refractivity contribution in [3.05, 3.63) is 24.0 Å². The second-order valence-corrected chi connectivity index (χ2v) is 5.45. The van der Waals surface area contributed by atoms with E-state index in [4.69, 9.17) is 4.74 Å². The van der Waals surface area contributed by atoms with Gasteiger partial charge in [-0.05, 0) is 38.8 Å². The molecule has 0 aliphatic heterocycles. The highest BCUT2D eigenvalue weighted by molar-refractivity contribution is 5.72. The van der Waals surface area contributed by atoms with Crippen molar-refractivity contribution in [3.63, 3.8) is 0 Å². The largest absolute Gasteiger partial charge is 0.459 e. The molecular weight excluding hydrogens is 228 g/mol. The zero-order chi connectivity index (χ0) is 13.6. The SMILES string of the molecule is CCCn1ccc(CNCC(=O)OC(C)(C)C)c1. The zero-order valence-electron chi connectivity index (χ0n) is 11.8. The van der Waals surface area contributed by atoms with Crippen molar-refractivity contribution in [2.75, 3.05) is 6.54 Å². The van der Waals surface area contributed by atoms with E-state index >= 15 is 0 Å². The Morgan fingerprint density at radius 3 is 2.78 bits per heavy atom. The third-order valence-corrected chi connectivity index (χ3v) is 2.31. The van der Waals surface area contributed by atoms with Crippen LogP contribution in [0.1, 0.15) is 39.7 Å². The molecule has 0 atom stereocenters. The maximum Gasteiger partial charge on any atom is 0.320 e. The van der Waals surface area contributed by atoms with Gasteiger partial charge in [0.05, 0.1) is 6.54 Å². The first-order chi connectivity index (χ1) is 8.40. The second-order valence-electron chi connectivity index (χ2n) is 5.45. The number of ether oxygens (including phenoxy) is 1. The molecule has 0 saturated carbocycles. The molecule has 1 N–H and O–H groups in total. The number of hydrogen-bond acceptors (Lipinski definition) is 3. The van der Waals surface area contributed by atoms with Crippen LogP contribution >= 0.6 is 0 Å². The van der Waals surface area contributed by atoms with Gasteiger partial charge in [-0.15, -0.1) is 0 Å². The summed E-state index contributed by atoms with van der Waals surface area (Å²) in [5.41, 5.74) is 0.774. The van der Waals surface area contributed by atoms with Crippen LogP contribution in [0.15, 0.2) is 18.5 Å². The van der Waals surface area contributed by atoms with Crippen molar-refractivity contribution in [2.24, 2.45) is 0 Å². The molecule has 18 heavy (non-hydrogen) atoms. The molecular formula is C14H24N2O2. The van der Waals surface area contributed by atoms with E-state index in [-0.39, 0.29) is 12.5 Å². The molecule has 4 nitrogen and oxygen atoms in total. The Morgan fingerprint density at radius 2 is 2.17 bits per heavy atom. The minimum absolute atomic E-state index is 0.213. The van der Waals surface area contributed by atoms with Crippen LogP contribution in [0, 0.1) is 0 Å². The Labute approximate surface area is 109 Å². The van der Waals surface area contributed by atoms with Crippen LogP contribution in [0.4, 0.5) is 0 Å². The lowest BCUT2D eigenvalue weighted by atomic mass is 10.2. The lowest BCUT2D eigenvalue weighted by molar-refractivity contribution is -0.153. The van der Waals surface area contributed by atoms with Gasteiger partial charge in [-0.2, -0.15) is 0 Å². The van der Waals surface area contributed by atoms with Crippen LogP contribution in [-0.4, -0.2) is 22.7 Å². The molecule has 0 unspecified atom stereocenters. The number of carbonyl (C=O) groups is 1. The molecule has 0 saturated heterocycles. The van der Waals surface area contributed by atoms with E-state index in [1.54, 1.807) is 0 Å². The third kappa shape index (κ3) is 5.87. The molecule has 0 aliphatic rings. The fraction of sp³-hybridized carbons (Fsp3) is 0.643. The van der Waals surface area contributed by atoms with Crippen molar-refractivity contribution in [1.82, 2.24) is 9.88 Å². The summed E-state index contributed by atoms with van der Waals surface area (Å²) in [4.78, 5) is 11.5. The first kappa shape index (κ1) is 14.8. The molecule has 0 aromatic carbocycles. The molecule has 0 bridgehead atoms. The number of carbonyl (C=O) groups excluding carboxylic acids is 1. The van der Waals surface area contributed by atoms with E-state index in [0.29, 0.717) is 6.54 Å². The summed E-state index contributed by atoms with van der Waals surface area (Å²) >= 11 is 0. The van der Waals surface area contributed by atoms with Gasteiger partial charge in [-0.1, -0.05) is 6.92 Å². The van der Waals surface area contributed by atoms with Crippen LogP contribution in [0.25, 0.3) is 0 Å². The van der Waals surface area contributed by atoms with Crippen molar-refractivity contribution in [1.29, 1.82) is 0 Å². The fourth-order valence-electron chi connectivity index (χ4n) is 1.68. The maximum absolute atomic E-state index is 11.5. The van der Waals surface area contributed by atoms with Crippen molar-refractivity contribution in [3.8, 4) is 0 Å². The van der Waals surface area contributed by atoms with E-state index < -0.39 is 5.60 Å². The van der Waals surface area contributed by atoms with Crippen molar-refractivity contribution >= 4 is 5.97 Å². The van der Waals surface area contributed by atoms with Gasteiger partial charge < -0.3 is 14.6 Å². The first-order valence-electron chi connectivity index (χ1n) is 6.48. The molecule has 102 valence electrons. The number of aryl methyl sites for hydroxylation is 1. The molecule has 1 aromatic rings. The van der Waals surface area contributed by atoms with E-state index in [9.17, 15) is 4.79 Å². The minimum atomic E-state index is -0.413. The predicted octanol–water partition coefficient (Wildman–Crippen LogP) is 2.33. The van der Waals surface area contributed by atoms with Gasteiger partial charge in [0, 0.05) is 25.5 Å². The molecule has 4 heteroatoms. The predicted molar refractivity (Wildman–Crippen MR) is 72.3 cm³/mol. The Balaban J connectivity index is 2.26. The molecule has 1 aromatic heterocycles. The zero-order valence-corrected chi connectivity index (χ0v) is 11.8. The third-order valence-electron chi connectivity index (χ3n) is 2.31. The number of aromatic nitrogens is 1. The van der Waals surface area contributed by atoms with Gasteiger partial charge >= 0.3 is 5.97 Å². The summed E-state index contributed by atoms with van der Waals surface area (Å²) in [6.45, 7) is 9.74. The summed E-state index contributed by atoms with van der Waals surface area (Å²) in [5, 5.41) is 3.09. The average Bonchev–Trinajstić information content (AvgIpc) is 2.63. The van der Waals surface area contributed by atoms with Crippen LogP contribution in [0.3, 0.4) is 0 Å². The summed E-state index contributed by atoms with van der Waals surface area (Å²) in [6.07, 6.45) is 5.29. The van der Waals surface area contributed by atoms with Crippen molar-refractivity contribution in [2.45, 2.75) is 52.8 Å². The standard InChI is InChI=1S/C14H24N2O2/c1-5-7-16-8-6-12(11-16)9-15-10-13(17)18-14(2,3)4/h6,8,11,15H,5,7,9-10H2,1-4H3. The monoisotopic (exact) mass is 252 g/mol. The first-order valence-corrected chi connectivity index (χ1v) is 6.48. The van der Waals surface area contributed by atoms with E-state index in [0.717, 1.165) is 13.0 Å². The number of esters is 1. The van der Waals surface area contributed by atoms with Crippen LogP contribution < -0.4 is 5.32 Å². The highest BCUT2D eigenvalue weighted by atomic mass is 16.6. The van der Waals surface area contributed by atoms with Gasteiger partial charge in [0.15, 0.2) is 0 Å². The van der Waals surface area contributed by atoms with Gasteiger partial charge in [-0.25, -0.2) is 0 Å². The molecule has 0 spiro atoms. The molecule has 1 rings (SSSR count). The van der Waals surface area contributed by atoms with E-state index in [1.807, 2.05) is 20.8 Å². The highest BCUT2D eigenvalue weighted by Gasteiger charge is 2.15. The lowest BCUT2D eigenvalue weighted by Crippen LogP contribution is -2.31. The van der Waals surface area contributed by atoms with E-state index in [2.05, 4.69) is 35.3 Å². The number of rotatable bonds is 6. The Bertz CT molecular complexity index is 377. The van der Waals surface area contributed by atoms with Crippen LogP contribution in [-0.2, 0) is 22.6 Å². The van der Waals surface area contributed by atoms with Gasteiger partial charge in [0.2, 0.25) is 0 Å². The normalized spacial score (nSPS) is 11.6. The highest BCUT2D eigenvalue weighted by Crippen LogP contribution is 2.06. The maximum atomic E-state index is 11.5. The fourth-order valence-corrected chi connectivity index (χ4v) is 1.68. The van der Waals surface area contributed by atoms with E-state index in [1.165, 1.54) is 5.56 Å². The number of nitrogens with zero attached hydrogens (tertiary/aromatic N) is 1. The van der Waals surface area contributed by atoms with Gasteiger partial charge in [0.25, 0.3) is 0 Å². The smallest absolute Gasteiger partial charge is 0.320 e. The molecule has 0 fully saturated rings. The minimum Gasteiger partial charge on any atom is -0.459 e. The lowest BCUT2D eigenvalue weighted by Gasteiger charge is -2.19. The Morgan fingerprint density at radius 1 is 1.44 bits per heavy atom. The topological polar surface area (TPSA) is 43.3 Å². The molecule has 0 aliphatic carbocycles.